The minimum Gasteiger partial charge on any atom is -0.480 e. The molecule has 11 heteroatoms. The van der Waals surface area contributed by atoms with Crippen molar-refractivity contribution in [2.45, 2.75) is 0 Å². The summed E-state index contributed by atoms with van der Waals surface area (Å²) in [5.74, 6) is -2.72. The Morgan fingerprint density at radius 3 is 2.69 bits per heavy atom. The number of carbonyl (C=O) groups excluding carboxylic acids is 1. The molecule has 0 aliphatic rings. The van der Waals surface area contributed by atoms with Gasteiger partial charge in [0.05, 0.1) is 5.69 Å². The van der Waals surface area contributed by atoms with Crippen molar-refractivity contribution in [3.63, 3.8) is 0 Å². The second kappa shape index (κ2) is 7.54. The summed E-state index contributed by atoms with van der Waals surface area (Å²) in [7, 11) is 0. The van der Waals surface area contributed by atoms with Crippen LogP contribution >= 0.6 is 24.0 Å². The zero-order chi connectivity index (χ0) is 18.1. The fraction of sp³-hybridized carbons (Fsp3) is 0.0667. The van der Waals surface area contributed by atoms with E-state index in [4.69, 9.17) is 16.7 Å². The number of amides is 1. The molecule has 3 N–H and O–H groups in total. The predicted octanol–water partition coefficient (Wildman–Crippen LogP) is 1.72. The molecule has 0 saturated heterocycles. The van der Waals surface area contributed by atoms with Crippen LogP contribution in [-0.2, 0) is 4.79 Å². The molecule has 0 bridgehead atoms. The standard InChI is InChI=1S/C15H10ClFN4O4.ClH/c16-8-1-7(2-9(17)3-8)10-4-11(22)13(14-19-6-20-21(10)14)15(25)18-5-12(23)24;/h1-4,6H,5H2,(H,18,25)(H,19,20)(H,23,24);1H. The Labute approximate surface area is 156 Å². The molecule has 2 heterocycles. The summed E-state index contributed by atoms with van der Waals surface area (Å²) in [5, 5.41) is 13.6. The molecule has 0 saturated carbocycles. The van der Waals surface area contributed by atoms with Gasteiger partial charge in [0, 0.05) is 16.7 Å². The fourth-order valence-electron chi connectivity index (χ4n) is 2.37. The highest BCUT2D eigenvalue weighted by Crippen LogP contribution is 2.24. The third-order valence-electron chi connectivity index (χ3n) is 3.35. The van der Waals surface area contributed by atoms with Gasteiger partial charge >= 0.3 is 5.97 Å². The number of halogens is 3. The van der Waals surface area contributed by atoms with Gasteiger partial charge < -0.3 is 10.4 Å². The summed E-state index contributed by atoms with van der Waals surface area (Å²) >= 11 is 5.84. The fourth-order valence-corrected chi connectivity index (χ4v) is 2.59. The topological polar surface area (TPSA) is 117 Å². The molecule has 26 heavy (non-hydrogen) atoms. The zero-order valence-electron chi connectivity index (χ0n) is 12.8. The van der Waals surface area contributed by atoms with Crippen molar-refractivity contribution < 1.29 is 19.1 Å². The first kappa shape index (κ1) is 19.4. The number of carboxylic acid groups (broad SMARTS) is 1. The molecule has 136 valence electrons. The van der Waals surface area contributed by atoms with Gasteiger partial charge in [-0.05, 0) is 18.2 Å². The maximum absolute atomic E-state index is 13.6. The number of nitrogens with one attached hydrogen (secondary N) is 2. The van der Waals surface area contributed by atoms with Crippen LogP contribution in [0.4, 0.5) is 4.39 Å². The lowest BCUT2D eigenvalue weighted by molar-refractivity contribution is -0.135. The lowest BCUT2D eigenvalue weighted by Gasteiger charge is -2.09. The Balaban J connectivity index is 0.00000243. The maximum Gasteiger partial charge on any atom is 0.322 e. The van der Waals surface area contributed by atoms with E-state index in [1.165, 1.54) is 23.0 Å². The minimum atomic E-state index is -1.25. The van der Waals surface area contributed by atoms with Gasteiger partial charge in [-0.15, -0.1) is 12.4 Å². The third-order valence-corrected chi connectivity index (χ3v) is 3.57. The number of benzene rings is 1. The van der Waals surface area contributed by atoms with Crippen molar-refractivity contribution in [2.75, 3.05) is 6.54 Å². The molecule has 0 atom stereocenters. The number of rotatable bonds is 4. The molecule has 0 radical (unpaired) electrons. The van der Waals surface area contributed by atoms with Crippen molar-refractivity contribution >= 4 is 41.5 Å². The van der Waals surface area contributed by atoms with Crippen molar-refractivity contribution in [1.29, 1.82) is 0 Å². The molecule has 0 aliphatic heterocycles. The van der Waals surface area contributed by atoms with E-state index in [-0.39, 0.29) is 34.3 Å². The van der Waals surface area contributed by atoms with Crippen molar-refractivity contribution in [3.8, 4) is 11.3 Å². The van der Waals surface area contributed by atoms with Crippen LogP contribution < -0.4 is 10.7 Å². The van der Waals surface area contributed by atoms with E-state index in [1.807, 2.05) is 0 Å². The number of fused-ring (bicyclic) bond motifs is 1. The van der Waals surface area contributed by atoms with Gasteiger partial charge in [0.2, 0.25) is 0 Å². The third kappa shape index (κ3) is 3.68. The van der Waals surface area contributed by atoms with Crippen LogP contribution in [0.2, 0.25) is 5.02 Å². The Hall–Kier alpha value is -2.91. The van der Waals surface area contributed by atoms with Crippen molar-refractivity contribution in [1.82, 2.24) is 19.9 Å². The van der Waals surface area contributed by atoms with Gasteiger partial charge in [0.15, 0.2) is 11.1 Å². The van der Waals surface area contributed by atoms with Crippen molar-refractivity contribution in [3.05, 3.63) is 57.2 Å². The van der Waals surface area contributed by atoms with Gasteiger partial charge in [0.25, 0.3) is 5.91 Å². The summed E-state index contributed by atoms with van der Waals surface area (Å²) < 4.78 is 14.9. The molecule has 3 rings (SSSR count). The average Bonchev–Trinajstić information content (AvgIpc) is 2.99. The highest BCUT2D eigenvalue weighted by Gasteiger charge is 2.20. The van der Waals surface area contributed by atoms with Crippen LogP contribution in [0.3, 0.4) is 0 Å². The smallest absolute Gasteiger partial charge is 0.322 e. The Morgan fingerprint density at radius 2 is 2.04 bits per heavy atom. The summed E-state index contributed by atoms with van der Waals surface area (Å²) in [6.07, 6.45) is 1.24. The molecule has 0 spiro atoms. The Kier molecular flexibility index (Phi) is 5.63. The maximum atomic E-state index is 13.6. The minimum absolute atomic E-state index is 0. The van der Waals surface area contributed by atoms with E-state index < -0.39 is 29.7 Å². The summed E-state index contributed by atoms with van der Waals surface area (Å²) in [6, 6.07) is 4.87. The van der Waals surface area contributed by atoms with E-state index in [0.29, 0.717) is 5.56 Å². The van der Waals surface area contributed by atoms with Crippen LogP contribution in [0.5, 0.6) is 0 Å². The van der Waals surface area contributed by atoms with E-state index in [0.717, 1.165) is 12.1 Å². The lowest BCUT2D eigenvalue weighted by Crippen LogP contribution is -2.33. The number of hydrogen-bond donors (Lipinski definition) is 3. The second-order valence-corrected chi connectivity index (χ2v) is 5.49. The first-order valence-electron chi connectivity index (χ1n) is 6.92. The first-order valence-corrected chi connectivity index (χ1v) is 7.30. The number of carboxylic acids is 1. The van der Waals surface area contributed by atoms with Gasteiger partial charge in [-0.25, -0.2) is 13.9 Å². The highest BCUT2D eigenvalue weighted by molar-refractivity contribution is 6.30. The number of carbonyl (C=O) groups is 2. The largest absolute Gasteiger partial charge is 0.480 e. The van der Waals surface area contributed by atoms with Gasteiger partial charge in [-0.1, -0.05) is 11.6 Å². The molecule has 1 aromatic carbocycles. The molecule has 1 amide bonds. The molecule has 0 aliphatic carbocycles. The number of hydrogen-bond acceptors (Lipinski definition) is 4. The molecule has 2 aromatic heterocycles. The monoisotopic (exact) mass is 400 g/mol. The molecular weight excluding hydrogens is 390 g/mol. The number of aliphatic carboxylic acids is 1. The summed E-state index contributed by atoms with van der Waals surface area (Å²) in [5.41, 5.74) is -0.488. The van der Waals surface area contributed by atoms with Crippen LogP contribution in [0.1, 0.15) is 10.4 Å². The Bertz CT molecular complexity index is 1040. The first-order chi connectivity index (χ1) is 11.9. The SMILES string of the molecule is Cl.O=C(O)CNC(=O)c1c(=O)cc(-c2cc(F)cc(Cl)c2)n2[nH]cnc12. The van der Waals surface area contributed by atoms with E-state index >= 15 is 0 Å². The van der Waals surface area contributed by atoms with Crippen LogP contribution in [-0.4, -0.2) is 38.1 Å². The summed E-state index contributed by atoms with van der Waals surface area (Å²) in [6.45, 7) is -0.643. The molecular formula is C15H11Cl2FN4O4. The van der Waals surface area contributed by atoms with Crippen LogP contribution in [0, 0.1) is 5.82 Å². The molecule has 0 unspecified atom stereocenters. The number of H-pyrrole nitrogens is 1. The van der Waals surface area contributed by atoms with Gasteiger partial charge in [-0.2, -0.15) is 0 Å². The second-order valence-electron chi connectivity index (χ2n) is 5.05. The molecule has 0 fully saturated rings. The quantitative estimate of drug-likeness (QED) is 0.616. The number of nitrogens with zero attached hydrogens (tertiary/aromatic N) is 2. The highest BCUT2D eigenvalue weighted by atomic mass is 35.5. The normalized spacial score (nSPS) is 10.4. The zero-order valence-corrected chi connectivity index (χ0v) is 14.4. The van der Waals surface area contributed by atoms with E-state index in [1.54, 1.807) is 0 Å². The number of pyridine rings is 1. The lowest BCUT2D eigenvalue weighted by atomic mass is 10.1. The molecule has 8 nitrogen and oxygen atoms in total. The van der Waals surface area contributed by atoms with Gasteiger partial charge in [-0.3, -0.25) is 19.5 Å². The average molecular weight is 401 g/mol. The van der Waals surface area contributed by atoms with Crippen LogP contribution in [0.25, 0.3) is 16.9 Å². The van der Waals surface area contributed by atoms with Crippen molar-refractivity contribution in [2.24, 2.45) is 0 Å². The van der Waals surface area contributed by atoms with Crippen LogP contribution in [0.15, 0.2) is 35.4 Å². The van der Waals surface area contributed by atoms with E-state index in [2.05, 4.69) is 15.4 Å². The number of aromatic amines is 1. The predicted molar refractivity (Wildman–Crippen MR) is 93.4 cm³/mol. The molecule has 3 aromatic rings. The number of aromatic nitrogens is 3. The Morgan fingerprint density at radius 1 is 1.31 bits per heavy atom. The van der Waals surface area contributed by atoms with Gasteiger partial charge in [0.1, 0.15) is 24.3 Å². The summed E-state index contributed by atoms with van der Waals surface area (Å²) in [4.78, 5) is 39.0. The van der Waals surface area contributed by atoms with E-state index in [9.17, 15) is 18.8 Å².